The molecular formula is C11H18N2O3. The first-order valence-electron chi connectivity index (χ1n) is 5.90. The largest absolute Gasteiger partial charge is 0.466 e. The highest BCUT2D eigenvalue weighted by Gasteiger charge is 2.37. The van der Waals surface area contributed by atoms with Crippen molar-refractivity contribution >= 4 is 11.9 Å². The van der Waals surface area contributed by atoms with Crippen LogP contribution in [0.1, 0.15) is 26.2 Å². The number of fused-ring (bicyclic) bond motifs is 1. The monoisotopic (exact) mass is 226 g/mol. The van der Waals surface area contributed by atoms with Gasteiger partial charge in [-0.3, -0.25) is 9.59 Å². The van der Waals surface area contributed by atoms with E-state index in [1.54, 1.807) is 0 Å². The van der Waals surface area contributed by atoms with E-state index in [1.807, 2.05) is 6.92 Å². The highest BCUT2D eigenvalue weighted by Crippen LogP contribution is 2.26. The van der Waals surface area contributed by atoms with Gasteiger partial charge in [0.25, 0.3) is 0 Å². The molecular weight excluding hydrogens is 208 g/mol. The molecule has 0 spiro atoms. The van der Waals surface area contributed by atoms with Crippen LogP contribution in [0.3, 0.4) is 0 Å². The molecule has 2 rings (SSSR count). The third-order valence-electron chi connectivity index (χ3n) is 3.34. The number of carbonyl (C=O) groups excluding carboxylic acids is 2. The Kier molecular flexibility index (Phi) is 3.43. The molecule has 0 aromatic carbocycles. The van der Waals surface area contributed by atoms with Crippen LogP contribution in [-0.2, 0) is 14.3 Å². The number of rotatable bonds is 2. The number of hydrogen-bond donors (Lipinski definition) is 2. The molecule has 0 aromatic heterocycles. The highest BCUT2D eigenvalue weighted by molar-refractivity contribution is 5.79. The molecule has 3 atom stereocenters. The van der Waals surface area contributed by atoms with Crippen molar-refractivity contribution < 1.29 is 14.3 Å². The molecule has 1 aliphatic carbocycles. The van der Waals surface area contributed by atoms with Gasteiger partial charge in [0, 0.05) is 12.1 Å². The number of hydrogen-bond acceptors (Lipinski definition) is 4. The lowest BCUT2D eigenvalue weighted by molar-refractivity contribution is -0.150. The molecule has 0 aromatic rings. The molecule has 16 heavy (non-hydrogen) atoms. The smallest absolute Gasteiger partial charge is 0.308 e. The summed E-state index contributed by atoms with van der Waals surface area (Å²) in [7, 11) is 0. The van der Waals surface area contributed by atoms with Gasteiger partial charge in [0.15, 0.2) is 0 Å². The lowest BCUT2D eigenvalue weighted by Gasteiger charge is -2.39. The fraction of sp³-hybridized carbons (Fsp3) is 0.818. The number of piperazine rings is 1. The molecule has 90 valence electrons. The lowest BCUT2D eigenvalue weighted by atomic mass is 9.81. The van der Waals surface area contributed by atoms with Gasteiger partial charge in [-0.1, -0.05) is 0 Å². The molecule has 0 radical (unpaired) electrons. The highest BCUT2D eigenvalue weighted by atomic mass is 16.5. The standard InChI is InChI=1S/C11H18N2O3/c1-2-16-11(15)7-3-4-8-9(5-7)13-10(14)6-12-8/h7-9,12H,2-6H2,1H3,(H,13,14). The van der Waals surface area contributed by atoms with Gasteiger partial charge in [0.2, 0.25) is 5.91 Å². The zero-order valence-corrected chi connectivity index (χ0v) is 9.49. The Balaban J connectivity index is 1.92. The van der Waals surface area contributed by atoms with E-state index in [-0.39, 0.29) is 23.8 Å². The Hall–Kier alpha value is -1.10. The number of nitrogens with one attached hydrogen (secondary N) is 2. The summed E-state index contributed by atoms with van der Waals surface area (Å²) in [6, 6.07) is 0.410. The predicted molar refractivity (Wildman–Crippen MR) is 57.7 cm³/mol. The number of esters is 1. The third kappa shape index (κ3) is 2.35. The maximum atomic E-state index is 11.6. The van der Waals surface area contributed by atoms with E-state index in [9.17, 15) is 9.59 Å². The summed E-state index contributed by atoms with van der Waals surface area (Å²) >= 11 is 0. The molecule has 5 nitrogen and oxygen atoms in total. The van der Waals surface area contributed by atoms with Gasteiger partial charge in [-0.2, -0.15) is 0 Å². The van der Waals surface area contributed by atoms with Crippen LogP contribution in [-0.4, -0.2) is 37.1 Å². The molecule has 1 aliphatic heterocycles. The third-order valence-corrected chi connectivity index (χ3v) is 3.34. The lowest BCUT2D eigenvalue weighted by Crippen LogP contribution is -2.61. The molecule has 2 aliphatic rings. The van der Waals surface area contributed by atoms with Crippen LogP contribution in [0.25, 0.3) is 0 Å². The Bertz CT molecular complexity index is 293. The van der Waals surface area contributed by atoms with Crippen molar-refractivity contribution in [3.8, 4) is 0 Å². The van der Waals surface area contributed by atoms with Crippen LogP contribution in [0.15, 0.2) is 0 Å². The van der Waals surface area contributed by atoms with Gasteiger partial charge < -0.3 is 15.4 Å². The first-order chi connectivity index (χ1) is 7.70. The second-order valence-corrected chi connectivity index (χ2v) is 4.42. The van der Waals surface area contributed by atoms with E-state index in [1.165, 1.54) is 0 Å². The molecule has 0 bridgehead atoms. The second kappa shape index (κ2) is 4.82. The zero-order valence-electron chi connectivity index (χ0n) is 9.49. The van der Waals surface area contributed by atoms with E-state index in [0.717, 1.165) is 12.8 Å². The van der Waals surface area contributed by atoms with Crippen molar-refractivity contribution in [1.82, 2.24) is 10.6 Å². The summed E-state index contributed by atoms with van der Waals surface area (Å²) in [4.78, 5) is 22.8. The summed E-state index contributed by atoms with van der Waals surface area (Å²) in [5, 5.41) is 6.13. The normalized spacial score (nSPS) is 33.8. The zero-order chi connectivity index (χ0) is 11.5. The van der Waals surface area contributed by atoms with Gasteiger partial charge >= 0.3 is 5.97 Å². The van der Waals surface area contributed by atoms with Crippen molar-refractivity contribution in [2.24, 2.45) is 5.92 Å². The summed E-state index contributed by atoms with van der Waals surface area (Å²) in [6.45, 7) is 2.63. The van der Waals surface area contributed by atoms with Crippen molar-refractivity contribution in [2.75, 3.05) is 13.2 Å². The summed E-state index contributed by atoms with van der Waals surface area (Å²) in [5.74, 6) is -0.159. The SMILES string of the molecule is CCOC(=O)C1CCC2NCC(=O)NC2C1. The second-order valence-electron chi connectivity index (χ2n) is 4.42. The van der Waals surface area contributed by atoms with Gasteiger partial charge in [-0.25, -0.2) is 0 Å². The minimum Gasteiger partial charge on any atom is -0.466 e. The molecule has 2 fully saturated rings. The number of carbonyl (C=O) groups is 2. The fourth-order valence-electron chi connectivity index (χ4n) is 2.53. The van der Waals surface area contributed by atoms with Crippen molar-refractivity contribution in [1.29, 1.82) is 0 Å². The van der Waals surface area contributed by atoms with Crippen molar-refractivity contribution in [2.45, 2.75) is 38.3 Å². The van der Waals surface area contributed by atoms with Gasteiger partial charge in [-0.05, 0) is 26.2 Å². The average Bonchev–Trinajstić information content (AvgIpc) is 2.28. The van der Waals surface area contributed by atoms with Crippen molar-refractivity contribution in [3.63, 3.8) is 0 Å². The van der Waals surface area contributed by atoms with Crippen LogP contribution < -0.4 is 10.6 Å². The van der Waals surface area contributed by atoms with E-state index in [4.69, 9.17) is 4.74 Å². The first kappa shape index (κ1) is 11.4. The van der Waals surface area contributed by atoms with E-state index in [0.29, 0.717) is 25.6 Å². The Morgan fingerprint density at radius 1 is 1.44 bits per heavy atom. The van der Waals surface area contributed by atoms with Crippen LogP contribution in [0, 0.1) is 5.92 Å². The van der Waals surface area contributed by atoms with Gasteiger partial charge in [0.05, 0.1) is 19.1 Å². The minimum atomic E-state index is -0.124. The maximum Gasteiger partial charge on any atom is 0.308 e. The Labute approximate surface area is 94.9 Å². The quantitative estimate of drug-likeness (QED) is 0.640. The van der Waals surface area contributed by atoms with E-state index < -0.39 is 0 Å². The summed E-state index contributed by atoms with van der Waals surface area (Å²) < 4.78 is 5.02. The maximum absolute atomic E-state index is 11.6. The number of amides is 1. The molecule has 1 heterocycles. The van der Waals surface area contributed by atoms with Crippen molar-refractivity contribution in [3.05, 3.63) is 0 Å². The topological polar surface area (TPSA) is 67.4 Å². The minimum absolute atomic E-state index is 0.0192. The summed E-state index contributed by atoms with van der Waals surface area (Å²) in [6.07, 6.45) is 2.47. The molecule has 3 unspecified atom stereocenters. The van der Waals surface area contributed by atoms with Crippen LogP contribution >= 0.6 is 0 Å². The average molecular weight is 226 g/mol. The molecule has 1 saturated heterocycles. The van der Waals surface area contributed by atoms with Gasteiger partial charge in [0.1, 0.15) is 0 Å². The molecule has 2 N–H and O–H groups in total. The van der Waals surface area contributed by atoms with Crippen LogP contribution in [0.5, 0.6) is 0 Å². The van der Waals surface area contributed by atoms with Gasteiger partial charge in [-0.15, -0.1) is 0 Å². The molecule has 1 saturated carbocycles. The Morgan fingerprint density at radius 2 is 2.25 bits per heavy atom. The predicted octanol–water partition coefficient (Wildman–Crippen LogP) is -0.194. The molecule has 1 amide bonds. The van der Waals surface area contributed by atoms with E-state index in [2.05, 4.69) is 10.6 Å². The number of ether oxygens (including phenoxy) is 1. The fourth-order valence-corrected chi connectivity index (χ4v) is 2.53. The van der Waals surface area contributed by atoms with E-state index >= 15 is 0 Å². The van der Waals surface area contributed by atoms with Crippen LogP contribution in [0.4, 0.5) is 0 Å². The molecule has 5 heteroatoms. The first-order valence-corrected chi connectivity index (χ1v) is 5.90. The van der Waals surface area contributed by atoms with Crippen LogP contribution in [0.2, 0.25) is 0 Å². The summed E-state index contributed by atoms with van der Waals surface area (Å²) in [5.41, 5.74) is 0. The Morgan fingerprint density at radius 3 is 3.00 bits per heavy atom.